The van der Waals surface area contributed by atoms with Crippen molar-refractivity contribution in [2.45, 2.75) is 19.4 Å². The van der Waals surface area contributed by atoms with Crippen molar-refractivity contribution in [1.82, 2.24) is 0 Å². The van der Waals surface area contributed by atoms with Crippen LogP contribution < -0.4 is 10.6 Å². The summed E-state index contributed by atoms with van der Waals surface area (Å²) in [5.41, 5.74) is 7.85. The van der Waals surface area contributed by atoms with E-state index < -0.39 is 0 Å². The van der Waals surface area contributed by atoms with Crippen molar-refractivity contribution in [1.29, 1.82) is 5.26 Å². The average Bonchev–Trinajstić information content (AvgIpc) is 2.32. The smallest absolute Gasteiger partial charge is 0.100 e. The van der Waals surface area contributed by atoms with Gasteiger partial charge in [-0.3, -0.25) is 0 Å². The van der Waals surface area contributed by atoms with Gasteiger partial charge in [0.25, 0.3) is 0 Å². The first-order chi connectivity index (χ1) is 8.11. The average molecular weight is 294 g/mol. The van der Waals surface area contributed by atoms with Crippen molar-refractivity contribution in [3.05, 3.63) is 28.2 Å². The summed E-state index contributed by atoms with van der Waals surface area (Å²) in [6.07, 6.45) is 1.03. The van der Waals surface area contributed by atoms with E-state index in [0.717, 1.165) is 29.7 Å². The van der Waals surface area contributed by atoms with Crippen molar-refractivity contribution >= 4 is 21.6 Å². The van der Waals surface area contributed by atoms with Crippen LogP contribution in [0.25, 0.3) is 0 Å². The molecular weight excluding hydrogens is 278 g/mol. The second kappa shape index (κ2) is 5.07. The van der Waals surface area contributed by atoms with E-state index in [4.69, 9.17) is 11.0 Å². The number of piperidine rings is 1. The summed E-state index contributed by atoms with van der Waals surface area (Å²) in [7, 11) is 0. The maximum absolute atomic E-state index is 8.89. The largest absolute Gasteiger partial charge is 0.371 e. The van der Waals surface area contributed by atoms with Crippen LogP contribution in [0.2, 0.25) is 0 Å². The molecule has 2 unspecified atom stereocenters. The minimum atomic E-state index is 0.313. The molecular formula is C13H16BrN3. The first-order valence-corrected chi connectivity index (χ1v) is 6.61. The third kappa shape index (κ3) is 2.62. The Bertz CT molecular complexity index is 452. The molecule has 2 atom stereocenters. The summed E-state index contributed by atoms with van der Waals surface area (Å²) in [6.45, 7) is 4.17. The maximum atomic E-state index is 8.89. The van der Waals surface area contributed by atoms with E-state index in [-0.39, 0.29) is 0 Å². The molecule has 4 heteroatoms. The highest BCUT2D eigenvalue weighted by atomic mass is 79.9. The number of anilines is 1. The quantitative estimate of drug-likeness (QED) is 0.865. The molecule has 1 aromatic carbocycles. The SMILES string of the molecule is CC1CN(c2ccc(C#N)c(Br)c2)CCC1N. The zero-order valence-corrected chi connectivity index (χ0v) is 11.4. The van der Waals surface area contributed by atoms with E-state index in [9.17, 15) is 0 Å². The molecule has 0 bridgehead atoms. The molecule has 0 aromatic heterocycles. The summed E-state index contributed by atoms with van der Waals surface area (Å²) in [6, 6.07) is 8.35. The van der Waals surface area contributed by atoms with E-state index in [1.807, 2.05) is 18.2 Å². The van der Waals surface area contributed by atoms with Crippen molar-refractivity contribution in [3.63, 3.8) is 0 Å². The van der Waals surface area contributed by atoms with Gasteiger partial charge in [-0.15, -0.1) is 0 Å². The number of hydrogen-bond donors (Lipinski definition) is 1. The van der Waals surface area contributed by atoms with Crippen LogP contribution >= 0.6 is 15.9 Å². The van der Waals surface area contributed by atoms with Gasteiger partial charge in [0.1, 0.15) is 6.07 Å². The standard InChI is InChI=1S/C13H16BrN3/c1-9-8-17(5-4-13(9)16)11-3-2-10(7-15)12(14)6-11/h2-3,6,9,13H,4-5,8,16H2,1H3. The lowest BCUT2D eigenvalue weighted by Crippen LogP contribution is -2.45. The molecule has 2 rings (SSSR count). The highest BCUT2D eigenvalue weighted by Gasteiger charge is 2.23. The van der Waals surface area contributed by atoms with Gasteiger partial charge >= 0.3 is 0 Å². The minimum Gasteiger partial charge on any atom is -0.371 e. The molecule has 1 fully saturated rings. The fourth-order valence-corrected chi connectivity index (χ4v) is 2.65. The zero-order chi connectivity index (χ0) is 12.4. The zero-order valence-electron chi connectivity index (χ0n) is 9.86. The molecule has 90 valence electrons. The third-order valence-electron chi connectivity index (χ3n) is 3.41. The lowest BCUT2D eigenvalue weighted by atomic mass is 9.94. The van der Waals surface area contributed by atoms with Crippen LogP contribution in [0.1, 0.15) is 18.9 Å². The molecule has 0 saturated carbocycles. The normalized spacial score (nSPS) is 24.5. The number of halogens is 1. The van der Waals surface area contributed by atoms with Crippen LogP contribution in [0.4, 0.5) is 5.69 Å². The lowest BCUT2D eigenvalue weighted by Gasteiger charge is -2.36. The summed E-state index contributed by atoms with van der Waals surface area (Å²) in [4.78, 5) is 2.33. The van der Waals surface area contributed by atoms with E-state index in [2.05, 4.69) is 33.8 Å². The summed E-state index contributed by atoms with van der Waals surface area (Å²) >= 11 is 3.43. The van der Waals surface area contributed by atoms with Gasteiger partial charge in [-0.1, -0.05) is 6.92 Å². The fraction of sp³-hybridized carbons (Fsp3) is 0.462. The second-order valence-corrected chi connectivity index (χ2v) is 5.51. The molecule has 1 aromatic rings. The molecule has 0 spiro atoms. The Kier molecular flexibility index (Phi) is 3.70. The van der Waals surface area contributed by atoms with Gasteiger partial charge in [0.2, 0.25) is 0 Å². The lowest BCUT2D eigenvalue weighted by molar-refractivity contribution is 0.383. The predicted octanol–water partition coefficient (Wildman–Crippen LogP) is 2.49. The molecule has 0 radical (unpaired) electrons. The molecule has 1 aliphatic rings. The molecule has 17 heavy (non-hydrogen) atoms. The Labute approximate surface area is 110 Å². The van der Waals surface area contributed by atoms with Crippen molar-refractivity contribution < 1.29 is 0 Å². The van der Waals surface area contributed by atoms with Gasteiger partial charge in [-0.25, -0.2) is 0 Å². The predicted molar refractivity (Wildman–Crippen MR) is 72.8 cm³/mol. The molecule has 2 N–H and O–H groups in total. The van der Waals surface area contributed by atoms with Crippen LogP contribution in [0.3, 0.4) is 0 Å². The second-order valence-electron chi connectivity index (χ2n) is 4.65. The van der Waals surface area contributed by atoms with Crippen LogP contribution in [-0.4, -0.2) is 19.1 Å². The highest BCUT2D eigenvalue weighted by molar-refractivity contribution is 9.10. The van der Waals surface area contributed by atoms with Gasteiger partial charge in [0, 0.05) is 29.3 Å². The van der Waals surface area contributed by atoms with Crippen LogP contribution in [0.5, 0.6) is 0 Å². The summed E-state index contributed by atoms with van der Waals surface area (Å²) in [5.74, 6) is 0.512. The van der Waals surface area contributed by atoms with Gasteiger partial charge in [-0.2, -0.15) is 5.26 Å². The number of hydrogen-bond acceptors (Lipinski definition) is 3. The number of benzene rings is 1. The Morgan fingerprint density at radius 2 is 2.29 bits per heavy atom. The van der Waals surface area contributed by atoms with Crippen molar-refractivity contribution in [2.24, 2.45) is 11.7 Å². The number of nitriles is 1. The minimum absolute atomic E-state index is 0.313. The summed E-state index contributed by atoms with van der Waals surface area (Å²) in [5, 5.41) is 8.89. The van der Waals surface area contributed by atoms with E-state index in [1.54, 1.807) is 0 Å². The van der Waals surface area contributed by atoms with Gasteiger partial charge in [0.15, 0.2) is 0 Å². The van der Waals surface area contributed by atoms with Crippen LogP contribution in [0, 0.1) is 17.2 Å². The van der Waals surface area contributed by atoms with Crippen molar-refractivity contribution in [3.8, 4) is 6.07 Å². The number of nitrogens with two attached hydrogens (primary N) is 1. The van der Waals surface area contributed by atoms with E-state index in [1.165, 1.54) is 0 Å². The number of nitrogens with zero attached hydrogens (tertiary/aromatic N) is 2. The van der Waals surface area contributed by atoms with Crippen molar-refractivity contribution in [2.75, 3.05) is 18.0 Å². The number of rotatable bonds is 1. The molecule has 1 heterocycles. The first-order valence-electron chi connectivity index (χ1n) is 5.82. The Morgan fingerprint density at radius 3 is 2.88 bits per heavy atom. The Morgan fingerprint density at radius 1 is 1.53 bits per heavy atom. The molecule has 0 aliphatic carbocycles. The monoisotopic (exact) mass is 293 g/mol. The third-order valence-corrected chi connectivity index (χ3v) is 4.07. The molecule has 1 saturated heterocycles. The van der Waals surface area contributed by atoms with Gasteiger partial charge in [-0.05, 0) is 46.5 Å². The van der Waals surface area contributed by atoms with Gasteiger partial charge in [0.05, 0.1) is 5.56 Å². The van der Waals surface area contributed by atoms with E-state index in [0.29, 0.717) is 17.5 Å². The summed E-state index contributed by atoms with van der Waals surface area (Å²) < 4.78 is 0.861. The fourth-order valence-electron chi connectivity index (χ4n) is 2.19. The Hall–Kier alpha value is -1.05. The van der Waals surface area contributed by atoms with Crippen LogP contribution in [-0.2, 0) is 0 Å². The molecule has 3 nitrogen and oxygen atoms in total. The maximum Gasteiger partial charge on any atom is 0.100 e. The molecule has 0 amide bonds. The van der Waals surface area contributed by atoms with E-state index >= 15 is 0 Å². The van der Waals surface area contributed by atoms with Gasteiger partial charge < -0.3 is 10.6 Å². The molecule has 1 aliphatic heterocycles. The highest BCUT2D eigenvalue weighted by Crippen LogP contribution is 2.27. The topological polar surface area (TPSA) is 53.0 Å². The van der Waals surface area contributed by atoms with Crippen LogP contribution in [0.15, 0.2) is 22.7 Å². The first kappa shape index (κ1) is 12.4. The Balaban J connectivity index is 2.18.